The van der Waals surface area contributed by atoms with E-state index >= 15 is 0 Å². The summed E-state index contributed by atoms with van der Waals surface area (Å²) < 4.78 is 15.5. The number of benzene rings is 2. The Kier molecular flexibility index (Phi) is 14.7. The molecule has 3 rings (SSSR count). The van der Waals surface area contributed by atoms with Gasteiger partial charge in [0.1, 0.15) is 18.6 Å². The Morgan fingerprint density at radius 2 is 1.51 bits per heavy atom. The van der Waals surface area contributed by atoms with E-state index in [1.54, 1.807) is 6.92 Å². The van der Waals surface area contributed by atoms with Gasteiger partial charge in [0.25, 0.3) is 5.91 Å². The Hall–Kier alpha value is -4.26. The third-order valence-corrected chi connectivity index (χ3v) is 9.96. The van der Waals surface area contributed by atoms with Gasteiger partial charge in [0.15, 0.2) is 13.3 Å². The Labute approximate surface area is 262 Å². The molecule has 1 saturated heterocycles. The first-order chi connectivity index (χ1) is 21.2. The number of guanidine groups is 1. The number of likely N-dealkylation sites (tertiary alicyclic amines) is 1. The number of aliphatic imine (C=N–C) groups is 1. The van der Waals surface area contributed by atoms with Crippen LogP contribution in [0.4, 0.5) is 0 Å². The fraction of sp³-hybridized carbons (Fsp3) is 0.433. The number of rotatable bonds is 14. The van der Waals surface area contributed by atoms with E-state index < -0.39 is 49.8 Å². The molecule has 2 amide bonds. The Morgan fingerprint density at radius 3 is 1.96 bits per heavy atom. The molecule has 0 radical (unpaired) electrons. The molecule has 1 heterocycles. The van der Waals surface area contributed by atoms with Crippen LogP contribution in [-0.2, 0) is 36.1 Å². The minimum atomic E-state index is -3.58. The molecule has 0 saturated carbocycles. The molecule has 15 heteroatoms. The molecule has 45 heavy (non-hydrogen) atoms. The third-order valence-electron chi connectivity index (χ3n) is 7.02. The van der Waals surface area contributed by atoms with Crippen molar-refractivity contribution >= 4 is 37.0 Å². The maximum Gasteiger partial charge on any atom is 0.323 e. The van der Waals surface area contributed by atoms with Crippen LogP contribution in [0.1, 0.15) is 43.7 Å². The number of hydrogen-bond donors (Lipinski definition) is 6. The molecule has 1 aliphatic heterocycles. The first kappa shape index (κ1) is 36.9. The largest absolute Gasteiger partial charge is 0.480 e. The van der Waals surface area contributed by atoms with Gasteiger partial charge in [-0.25, -0.2) is 0 Å². The first-order valence-electron chi connectivity index (χ1n) is 14.5. The van der Waals surface area contributed by atoms with Crippen molar-refractivity contribution in [3.63, 3.8) is 0 Å². The second-order valence-corrected chi connectivity index (χ2v) is 13.6. The van der Waals surface area contributed by atoms with E-state index in [2.05, 4.69) is 4.99 Å². The van der Waals surface area contributed by atoms with Crippen molar-refractivity contribution in [2.45, 2.75) is 63.1 Å². The molecule has 2 aromatic carbocycles. The van der Waals surface area contributed by atoms with Gasteiger partial charge in [-0.1, -0.05) is 60.7 Å². The molecule has 3 atom stereocenters. The molecule has 0 bridgehead atoms. The lowest BCUT2D eigenvalue weighted by molar-refractivity contribution is -0.145. The normalized spacial score (nSPS) is 15.6. The van der Waals surface area contributed by atoms with Crippen LogP contribution >= 0.6 is 7.29 Å². The molecule has 0 aliphatic carbocycles. The summed E-state index contributed by atoms with van der Waals surface area (Å²) in [6.07, 6.45) is 2.00. The van der Waals surface area contributed by atoms with Crippen molar-refractivity contribution in [1.82, 2.24) is 9.57 Å². The quantitative estimate of drug-likeness (QED) is 0.0741. The maximum atomic E-state index is 14.5. The lowest BCUT2D eigenvalue weighted by Crippen LogP contribution is -2.51. The minimum absolute atomic E-state index is 0.0129. The summed E-state index contributed by atoms with van der Waals surface area (Å²) in [5, 5.41) is 18.0. The van der Waals surface area contributed by atoms with Crippen molar-refractivity contribution in [3.05, 3.63) is 71.8 Å². The summed E-state index contributed by atoms with van der Waals surface area (Å²) in [4.78, 5) is 53.4. The Balaban J connectivity index is 0.000000498. The standard InChI is InChI=1S/C24H30N3O5P.C6H14N4O2/c1-18(25)23(30)26-14-8-13-21(26)24(31)27(15-22(28)29)33(32,16-19-9-4-2-5-10-19)17-20-11-6-3-7-12-20;7-4(5(11)12)2-1-3-10-6(8)9/h2-7,9-12,18,21H,8,13-17,25H2,1H3,(H,28,29);4H,1-3,7H2,(H,11,12)(H4,8,9,10)/t18-,21-;4-/m00/s1. The van der Waals surface area contributed by atoms with Crippen molar-refractivity contribution in [3.8, 4) is 0 Å². The van der Waals surface area contributed by atoms with Crippen molar-refractivity contribution in [2.75, 3.05) is 19.6 Å². The summed E-state index contributed by atoms with van der Waals surface area (Å²) in [7, 11) is -3.58. The second kappa shape index (κ2) is 17.9. The first-order valence-corrected chi connectivity index (χ1v) is 16.6. The highest BCUT2D eigenvalue weighted by atomic mass is 31.2. The highest BCUT2D eigenvalue weighted by Crippen LogP contribution is 2.56. The van der Waals surface area contributed by atoms with Gasteiger partial charge < -0.3 is 38.0 Å². The van der Waals surface area contributed by atoms with Crippen LogP contribution in [0.3, 0.4) is 0 Å². The number of carbonyl (C=O) groups is 4. The highest BCUT2D eigenvalue weighted by Gasteiger charge is 2.43. The number of carboxylic acids is 2. The minimum Gasteiger partial charge on any atom is -0.480 e. The van der Waals surface area contributed by atoms with E-state index in [1.165, 1.54) is 4.90 Å². The van der Waals surface area contributed by atoms with Gasteiger partial charge in [0.05, 0.1) is 6.04 Å². The summed E-state index contributed by atoms with van der Waals surface area (Å²) in [5.41, 5.74) is 22.6. The molecule has 1 fully saturated rings. The predicted octanol–water partition coefficient (Wildman–Crippen LogP) is 1.37. The van der Waals surface area contributed by atoms with E-state index in [0.29, 0.717) is 38.8 Å². The Morgan fingerprint density at radius 1 is 0.978 bits per heavy atom. The molecule has 2 aromatic rings. The predicted molar refractivity (Wildman–Crippen MR) is 171 cm³/mol. The SMILES string of the molecule is C[C@H](N)C(=O)N1CCC[C@H]1C(=O)N(CC(=O)O)P(=O)(Cc1ccccc1)Cc1ccccc1.NC(N)=NCCC[C@H](N)C(=O)O. The summed E-state index contributed by atoms with van der Waals surface area (Å²) in [5.74, 6) is -3.22. The molecular weight excluding hydrogens is 601 g/mol. The van der Waals surface area contributed by atoms with Crippen LogP contribution in [0.5, 0.6) is 0 Å². The van der Waals surface area contributed by atoms with Gasteiger partial charge in [-0.15, -0.1) is 0 Å². The van der Waals surface area contributed by atoms with Crippen LogP contribution in [-0.4, -0.2) is 87.3 Å². The third kappa shape index (κ3) is 12.0. The van der Waals surface area contributed by atoms with E-state index in [-0.39, 0.29) is 24.2 Å². The number of nitrogens with two attached hydrogens (primary N) is 4. The fourth-order valence-corrected chi connectivity index (χ4v) is 7.73. The Bertz CT molecular complexity index is 1310. The fourth-order valence-electron chi connectivity index (χ4n) is 4.84. The van der Waals surface area contributed by atoms with E-state index in [1.807, 2.05) is 60.7 Å². The van der Waals surface area contributed by atoms with Gasteiger partial charge in [-0.05, 0) is 43.7 Å². The number of amides is 2. The average Bonchev–Trinajstić information content (AvgIpc) is 3.48. The van der Waals surface area contributed by atoms with Gasteiger partial charge in [0, 0.05) is 25.4 Å². The topological polar surface area (TPSA) is 249 Å². The number of aliphatic carboxylic acids is 2. The summed E-state index contributed by atoms with van der Waals surface area (Å²) in [6, 6.07) is 15.7. The van der Waals surface area contributed by atoms with E-state index in [0.717, 1.165) is 15.8 Å². The zero-order valence-electron chi connectivity index (χ0n) is 25.4. The molecular formula is C30H44N7O7P. The molecule has 0 spiro atoms. The number of nitrogens with zero attached hydrogens (tertiary/aromatic N) is 3. The lowest BCUT2D eigenvalue weighted by atomic mass is 10.2. The van der Waals surface area contributed by atoms with Gasteiger partial charge in [-0.3, -0.25) is 33.4 Å². The lowest BCUT2D eigenvalue weighted by Gasteiger charge is -2.35. The molecule has 0 aromatic heterocycles. The van der Waals surface area contributed by atoms with Gasteiger partial charge in [-0.2, -0.15) is 0 Å². The monoisotopic (exact) mass is 645 g/mol. The van der Waals surface area contributed by atoms with Crippen LogP contribution in [0.15, 0.2) is 65.7 Å². The molecule has 0 unspecified atom stereocenters. The van der Waals surface area contributed by atoms with Crippen molar-refractivity contribution in [2.24, 2.45) is 27.9 Å². The molecule has 1 aliphatic rings. The van der Waals surface area contributed by atoms with Crippen LogP contribution in [0.2, 0.25) is 0 Å². The number of carboxylic acid groups (broad SMARTS) is 2. The van der Waals surface area contributed by atoms with Gasteiger partial charge >= 0.3 is 11.9 Å². The zero-order valence-corrected chi connectivity index (χ0v) is 26.3. The van der Waals surface area contributed by atoms with Crippen molar-refractivity contribution in [1.29, 1.82) is 0 Å². The summed E-state index contributed by atoms with van der Waals surface area (Å²) in [6.45, 7) is 1.63. The van der Waals surface area contributed by atoms with Gasteiger partial charge in [0.2, 0.25) is 5.91 Å². The average molecular weight is 646 g/mol. The second-order valence-electron chi connectivity index (χ2n) is 10.8. The van der Waals surface area contributed by atoms with E-state index in [9.17, 15) is 28.8 Å². The zero-order chi connectivity index (χ0) is 33.6. The summed E-state index contributed by atoms with van der Waals surface area (Å²) >= 11 is 0. The number of carbonyl (C=O) groups excluding carboxylic acids is 2. The van der Waals surface area contributed by atoms with E-state index in [4.69, 9.17) is 28.0 Å². The highest BCUT2D eigenvalue weighted by molar-refractivity contribution is 7.60. The molecule has 246 valence electrons. The van der Waals surface area contributed by atoms with Crippen LogP contribution in [0, 0.1) is 0 Å². The van der Waals surface area contributed by atoms with Crippen LogP contribution < -0.4 is 22.9 Å². The maximum absolute atomic E-state index is 14.5. The van der Waals surface area contributed by atoms with Crippen molar-refractivity contribution < 1.29 is 34.0 Å². The smallest absolute Gasteiger partial charge is 0.323 e. The number of hydrogen-bond acceptors (Lipinski definition) is 8. The molecule has 10 N–H and O–H groups in total. The molecule has 14 nitrogen and oxygen atoms in total. The van der Waals surface area contributed by atoms with Crippen LogP contribution in [0.25, 0.3) is 0 Å².